The highest BCUT2D eigenvalue weighted by atomic mass is 16.8. The van der Waals surface area contributed by atoms with Gasteiger partial charge >= 0.3 is 29.8 Å². The zero-order valence-electron chi connectivity index (χ0n) is 64.0. The maximum atomic E-state index is 14.2. The lowest BCUT2D eigenvalue weighted by molar-refractivity contribution is -0.381. The number of esters is 4. The van der Waals surface area contributed by atoms with E-state index in [0.29, 0.717) is 38.5 Å². The Kier molecular flexibility index (Phi) is 33.1. The number of aliphatic hydroxyl groups is 23. The Morgan fingerprint density at radius 2 is 0.795 bits per heavy atom. The van der Waals surface area contributed by atoms with Gasteiger partial charge in [-0.3, -0.25) is 9.59 Å². The number of allylic oxidation sites excluding steroid dienone is 3. The van der Waals surface area contributed by atoms with Gasteiger partial charge in [0.25, 0.3) is 0 Å². The summed E-state index contributed by atoms with van der Waals surface area (Å²) in [5.41, 5.74) is 0. The molecule has 0 aromatic rings. The van der Waals surface area contributed by atoms with Gasteiger partial charge in [0.05, 0.1) is 73.6 Å². The zero-order valence-corrected chi connectivity index (χ0v) is 64.0. The van der Waals surface area contributed by atoms with Crippen molar-refractivity contribution in [3.05, 3.63) is 36.5 Å². The van der Waals surface area contributed by atoms with E-state index >= 15 is 0 Å². The van der Waals surface area contributed by atoms with Crippen molar-refractivity contribution in [2.75, 3.05) is 26.4 Å². The number of fused-ring (bicyclic) bond motifs is 1. The fourth-order valence-electron chi connectivity index (χ4n) is 17.4. The van der Waals surface area contributed by atoms with Gasteiger partial charge in [-0.2, -0.15) is 0 Å². The molecular formula is C75H115O42+. The van der Waals surface area contributed by atoms with Crippen LogP contribution in [-0.4, -0.2) is 406 Å². The number of carbonyl (C=O) groups is 5. The molecule has 6 saturated heterocycles. The Labute approximate surface area is 670 Å². The number of carboxylic acid groups (broad SMARTS) is 1. The third kappa shape index (κ3) is 23.2. The fourth-order valence-corrected chi connectivity index (χ4v) is 17.4. The normalized spacial score (nSPS) is 47.6. The van der Waals surface area contributed by atoms with Crippen molar-refractivity contribution in [2.45, 2.75) is 343 Å². The van der Waals surface area contributed by atoms with Gasteiger partial charge in [0.2, 0.25) is 0 Å². The molecule has 39 atom stereocenters. The van der Waals surface area contributed by atoms with Gasteiger partial charge in [0.15, 0.2) is 49.8 Å². The maximum absolute atomic E-state index is 14.2. The van der Waals surface area contributed by atoms with Crippen LogP contribution in [0.1, 0.15) is 110 Å². The van der Waals surface area contributed by atoms with Crippen LogP contribution in [0.4, 0.5) is 0 Å². The average Bonchev–Trinajstić information content (AvgIpc) is 0.743. The Hall–Kier alpha value is -4.71. The van der Waals surface area contributed by atoms with Crippen LogP contribution >= 0.6 is 0 Å². The zero-order chi connectivity index (χ0) is 84.7. The molecule has 11 rings (SSSR count). The van der Waals surface area contributed by atoms with Crippen LogP contribution in [0.25, 0.3) is 0 Å². The molecule has 11 aliphatic rings. The Bertz CT molecular complexity index is 3190. The molecule has 0 aromatic heterocycles. The lowest BCUT2D eigenvalue weighted by Gasteiger charge is -2.51. The van der Waals surface area contributed by atoms with Crippen LogP contribution in [0.15, 0.2) is 36.5 Å². The molecule has 5 saturated carbocycles. The SMILES string of the molecule is C[C@@H]1O[C@@H](OC2CC3C(O[C@H]4O[C@@H](COC(=O)CC(=O)O)[C@H](O)[C@@H](O)[C@@H]4O)CC(O)CC3[OH+]C2C2CC(O[C@H]3O[C@@H](COC(=O)C=CC4CCC(O)C(O)C4)[C@H](O)[C@@H](O)[C@@H]3O)C(O)C(O[C@H]3O[C@@H](COC(=O)C=CC4CCC(O)C(O)C4)[C@H](O)[C@@H](O)[C@@H]3O)C2)[C@@H](O)[C@H](OC(=O)C=CC2CCC(O)CC2)[C@H]1O[C@H]1O[C@@H](CO)[C@H](O)[C@H](O)[C@H]1O. The minimum atomic E-state index is -2.18. The molecule has 666 valence electrons. The van der Waals surface area contributed by atoms with E-state index in [1.165, 1.54) is 19.1 Å². The summed E-state index contributed by atoms with van der Waals surface area (Å²) in [4.78, 5) is 64.1. The van der Waals surface area contributed by atoms with E-state index in [9.17, 15) is 136 Å². The van der Waals surface area contributed by atoms with Crippen LogP contribution in [0.3, 0.4) is 0 Å². The van der Waals surface area contributed by atoms with Gasteiger partial charge in [0, 0.05) is 37.0 Å². The van der Waals surface area contributed by atoms with Crippen LogP contribution in [0, 0.1) is 29.6 Å². The second-order valence-corrected chi connectivity index (χ2v) is 32.7. The first-order chi connectivity index (χ1) is 55.5. The summed E-state index contributed by atoms with van der Waals surface area (Å²) in [5, 5.41) is 243. The van der Waals surface area contributed by atoms with E-state index in [-0.39, 0.29) is 62.7 Å². The first-order valence-electron chi connectivity index (χ1n) is 40.0. The second-order valence-electron chi connectivity index (χ2n) is 32.7. The van der Waals surface area contributed by atoms with Gasteiger partial charge < -0.3 is 183 Å². The van der Waals surface area contributed by atoms with Crippen LogP contribution in [0.5, 0.6) is 0 Å². The van der Waals surface area contributed by atoms with Crippen molar-refractivity contribution < 1.29 is 207 Å². The number of aliphatic carboxylic acids is 1. The molecule has 42 heteroatoms. The summed E-state index contributed by atoms with van der Waals surface area (Å²) in [7, 11) is 0. The third-order valence-electron chi connectivity index (χ3n) is 24.3. The Morgan fingerprint density at radius 1 is 0.376 bits per heavy atom. The minimum Gasteiger partial charge on any atom is -0.481 e. The molecular weight excluding hydrogens is 1570 g/mol. The Morgan fingerprint density at radius 3 is 1.27 bits per heavy atom. The molecule has 6 heterocycles. The van der Waals surface area contributed by atoms with Crippen molar-refractivity contribution in [3.63, 3.8) is 0 Å². The molecule has 0 radical (unpaired) electrons. The fraction of sp³-hybridized carbons (Fsp3) is 0.853. The second kappa shape index (κ2) is 41.6. The van der Waals surface area contributed by atoms with Gasteiger partial charge in [-0.15, -0.1) is 0 Å². The summed E-state index contributed by atoms with van der Waals surface area (Å²) < 4.78 is 89.6. The molecule has 14 unspecified atom stereocenters. The van der Waals surface area contributed by atoms with Gasteiger partial charge in [-0.05, 0) is 108 Å². The maximum Gasteiger partial charge on any atom is 0.330 e. The van der Waals surface area contributed by atoms with E-state index in [4.69, 9.17) is 71.1 Å². The molecule has 42 nitrogen and oxygen atoms in total. The molecule has 0 bridgehead atoms. The highest BCUT2D eigenvalue weighted by molar-refractivity contribution is 5.90. The van der Waals surface area contributed by atoms with E-state index < -0.39 is 320 Å². The number of rotatable bonds is 27. The van der Waals surface area contributed by atoms with Crippen molar-refractivity contribution in [3.8, 4) is 0 Å². The molecule has 117 heavy (non-hydrogen) atoms. The molecule has 23 N–H and O–H groups in total. The Balaban J connectivity index is 0.924. The average molecular weight is 1690 g/mol. The molecule has 6 aliphatic heterocycles. The minimum absolute atomic E-state index is 0.129. The summed E-state index contributed by atoms with van der Waals surface area (Å²) in [6.07, 6.45) is -56.8. The first kappa shape index (κ1) is 93.0. The topological polar surface area (TPSA) is 672 Å². The smallest absolute Gasteiger partial charge is 0.330 e. The van der Waals surface area contributed by atoms with E-state index in [2.05, 4.69) is 0 Å². The predicted octanol–water partition coefficient (Wildman–Crippen LogP) is -9.27. The summed E-state index contributed by atoms with van der Waals surface area (Å²) in [6, 6.07) is 0. The molecule has 11 fully saturated rings. The number of hydrogen-bond donors (Lipinski definition) is 22. The van der Waals surface area contributed by atoms with E-state index in [0.717, 1.165) is 18.2 Å². The van der Waals surface area contributed by atoms with Crippen LogP contribution in [-0.2, 0) is 90.3 Å². The van der Waals surface area contributed by atoms with Crippen molar-refractivity contribution in [2.24, 2.45) is 29.6 Å². The lowest BCUT2D eigenvalue weighted by Crippen LogP contribution is -2.66. The summed E-state index contributed by atoms with van der Waals surface area (Å²) in [5.74, 6) is -8.93. The van der Waals surface area contributed by atoms with E-state index in [1.807, 2.05) is 0 Å². The lowest BCUT2D eigenvalue weighted by atomic mass is 9.71. The van der Waals surface area contributed by atoms with Crippen molar-refractivity contribution >= 4 is 29.8 Å². The highest BCUT2D eigenvalue weighted by Crippen LogP contribution is 2.47. The molecule has 5 aliphatic carbocycles. The molecule has 0 amide bonds. The molecule has 0 aromatic carbocycles. The number of carbonyl (C=O) groups excluding carboxylic acids is 4. The van der Waals surface area contributed by atoms with Gasteiger partial charge in [-0.1, -0.05) is 18.2 Å². The quantitative estimate of drug-likeness (QED) is 0.0119. The largest absolute Gasteiger partial charge is 0.481 e. The standard InChI is InChI=1S/C75H114O42/c1-28-68(117-74-66(101)59(94)55(90)45(24-76)112-74)70(116-52(87)15-6-29-2-9-33(77)10-3-29)67(102)75(106-28)111-44-22-35-40(20-34(78)21-41(35)108-71-63(98)60(95)58(93)48(113-71)27-105-53(88)23-49(83)84)107-69(44)32-18-42(109-72-64(99)61(96)56(91)46(114-72)25-103-50(85)13-7-30-4-11-36(79)38(81)16-30)54(89)43(19-32)110-73-65(100)62(97)57(92)47(115-73)26-104-51(86)14-8-31-5-12-37(80)39(82)17-31/h6-8,13-15,28-48,54-82,89-102H,2-5,9-12,16-27H2,1H3,(H,83,84)/p+1/t28-,29?,30?,31?,32?,33?,34?,35?,36?,37?,38?,39?,40?,41?,42?,43?,44?,45-,46-,47-,48-,54?,55-,56-,57-,58-,59-,60+,61+,62+,63-,64-,65-,66+,67-,68-,69?,70-,71-,72-,73-,74+,75-/m0/s1. The molecule has 0 spiro atoms. The van der Waals surface area contributed by atoms with Crippen LogP contribution < -0.4 is 0 Å². The summed E-state index contributed by atoms with van der Waals surface area (Å²) in [6.45, 7) is -2.00. The van der Waals surface area contributed by atoms with Crippen molar-refractivity contribution in [1.82, 2.24) is 0 Å². The van der Waals surface area contributed by atoms with Gasteiger partial charge in [0.1, 0.15) is 148 Å². The number of hydrogen-bond acceptors (Lipinski definition) is 40. The monoisotopic (exact) mass is 1690 g/mol. The highest BCUT2D eigenvalue weighted by Gasteiger charge is 2.61. The first-order valence-corrected chi connectivity index (χ1v) is 40.0. The van der Waals surface area contributed by atoms with Crippen molar-refractivity contribution in [1.29, 1.82) is 0 Å². The number of carboxylic acids is 1. The number of ether oxygens (including phenoxy) is 15. The van der Waals surface area contributed by atoms with E-state index in [1.54, 1.807) is 6.08 Å². The summed E-state index contributed by atoms with van der Waals surface area (Å²) >= 11 is 0. The van der Waals surface area contributed by atoms with Gasteiger partial charge in [-0.25, -0.2) is 14.4 Å². The predicted molar refractivity (Wildman–Crippen MR) is 379 cm³/mol. The number of aliphatic hydroxyl groups excluding tert-OH is 21. The third-order valence-corrected chi connectivity index (χ3v) is 24.3. The van der Waals surface area contributed by atoms with Crippen LogP contribution in [0.2, 0.25) is 0 Å².